The van der Waals surface area contributed by atoms with E-state index in [0.29, 0.717) is 11.1 Å². The van der Waals surface area contributed by atoms with Gasteiger partial charge < -0.3 is 4.90 Å². The Labute approximate surface area is 120 Å². The van der Waals surface area contributed by atoms with E-state index in [0.717, 1.165) is 22.1 Å². The molecule has 0 saturated heterocycles. The molecular formula is C15H11BrN2O. The fraction of sp³-hybridized carbons (Fsp3) is 0.0667. The highest BCUT2D eigenvalue weighted by Gasteiger charge is 2.09. The molecule has 0 N–H and O–H groups in total. The average Bonchev–Trinajstić information content (AvgIpc) is 2.46. The fourth-order valence-electron chi connectivity index (χ4n) is 1.82. The molecule has 94 valence electrons. The van der Waals surface area contributed by atoms with Crippen LogP contribution in [-0.2, 0) is 0 Å². The first-order chi connectivity index (χ1) is 9.15. The Hall–Kier alpha value is -2.12. The van der Waals surface area contributed by atoms with Gasteiger partial charge in [-0.15, -0.1) is 0 Å². The molecule has 0 aliphatic rings. The molecule has 0 amide bonds. The summed E-state index contributed by atoms with van der Waals surface area (Å²) in [6.07, 6.45) is 0.834. The van der Waals surface area contributed by atoms with Crippen molar-refractivity contribution in [1.82, 2.24) is 0 Å². The molecule has 4 heteroatoms. The number of anilines is 2. The quantitative estimate of drug-likeness (QED) is 0.807. The highest BCUT2D eigenvalue weighted by molar-refractivity contribution is 9.10. The second kappa shape index (κ2) is 5.68. The number of nitrogens with zero attached hydrogens (tertiary/aromatic N) is 2. The van der Waals surface area contributed by atoms with Crippen LogP contribution in [0.4, 0.5) is 11.4 Å². The van der Waals surface area contributed by atoms with E-state index in [1.54, 1.807) is 18.2 Å². The van der Waals surface area contributed by atoms with Gasteiger partial charge in [0.05, 0.1) is 17.3 Å². The summed E-state index contributed by atoms with van der Waals surface area (Å²) < 4.78 is 0.867. The predicted octanol–water partition coefficient (Wildman–Crippen LogP) is 3.90. The summed E-state index contributed by atoms with van der Waals surface area (Å²) in [6.45, 7) is 0. The number of aldehydes is 1. The van der Waals surface area contributed by atoms with Crippen LogP contribution in [0.5, 0.6) is 0 Å². The van der Waals surface area contributed by atoms with Crippen molar-refractivity contribution in [1.29, 1.82) is 5.26 Å². The lowest BCUT2D eigenvalue weighted by atomic mass is 10.1. The summed E-state index contributed by atoms with van der Waals surface area (Å²) >= 11 is 3.35. The van der Waals surface area contributed by atoms with Gasteiger partial charge in [-0.3, -0.25) is 4.79 Å². The van der Waals surface area contributed by atoms with Gasteiger partial charge in [0.15, 0.2) is 6.29 Å². The molecule has 0 aromatic heterocycles. The maximum absolute atomic E-state index is 11.1. The van der Waals surface area contributed by atoms with Gasteiger partial charge >= 0.3 is 0 Å². The van der Waals surface area contributed by atoms with E-state index in [-0.39, 0.29) is 0 Å². The number of nitriles is 1. The average molecular weight is 315 g/mol. The zero-order valence-corrected chi connectivity index (χ0v) is 11.9. The highest BCUT2D eigenvalue weighted by Crippen LogP contribution is 2.28. The lowest BCUT2D eigenvalue weighted by Gasteiger charge is -2.21. The van der Waals surface area contributed by atoms with E-state index >= 15 is 0 Å². The molecule has 0 saturated carbocycles. The first-order valence-electron chi connectivity index (χ1n) is 5.64. The molecule has 3 nitrogen and oxygen atoms in total. The van der Waals surface area contributed by atoms with Gasteiger partial charge in [-0.25, -0.2) is 0 Å². The zero-order valence-electron chi connectivity index (χ0n) is 10.3. The molecule has 2 rings (SSSR count). The SMILES string of the molecule is CN(c1ccc(C#N)cc1)c1ccc(Br)cc1C=O. The molecule has 19 heavy (non-hydrogen) atoms. The lowest BCUT2D eigenvalue weighted by molar-refractivity contribution is 0.112. The van der Waals surface area contributed by atoms with Crippen molar-refractivity contribution in [2.24, 2.45) is 0 Å². The Balaban J connectivity index is 2.40. The predicted molar refractivity (Wildman–Crippen MR) is 78.7 cm³/mol. The summed E-state index contributed by atoms with van der Waals surface area (Å²) in [6, 6.07) is 14.9. The summed E-state index contributed by atoms with van der Waals surface area (Å²) in [5.74, 6) is 0. The van der Waals surface area contributed by atoms with Crippen molar-refractivity contribution >= 4 is 33.6 Å². The topological polar surface area (TPSA) is 44.1 Å². The van der Waals surface area contributed by atoms with Gasteiger partial charge in [0, 0.05) is 22.8 Å². The highest BCUT2D eigenvalue weighted by atomic mass is 79.9. The van der Waals surface area contributed by atoms with E-state index < -0.39 is 0 Å². The van der Waals surface area contributed by atoms with E-state index in [4.69, 9.17) is 5.26 Å². The Morgan fingerprint density at radius 2 is 1.89 bits per heavy atom. The summed E-state index contributed by atoms with van der Waals surface area (Å²) in [5.41, 5.74) is 2.97. The first-order valence-corrected chi connectivity index (χ1v) is 6.43. The lowest BCUT2D eigenvalue weighted by Crippen LogP contribution is -2.11. The molecule has 0 aliphatic heterocycles. The smallest absolute Gasteiger partial charge is 0.152 e. The van der Waals surface area contributed by atoms with Crippen LogP contribution < -0.4 is 4.90 Å². The van der Waals surface area contributed by atoms with Crippen molar-refractivity contribution in [2.45, 2.75) is 0 Å². The summed E-state index contributed by atoms with van der Waals surface area (Å²) in [7, 11) is 1.89. The third kappa shape index (κ3) is 2.83. The van der Waals surface area contributed by atoms with Crippen molar-refractivity contribution in [2.75, 3.05) is 11.9 Å². The molecule has 0 spiro atoms. The number of carbonyl (C=O) groups excluding carboxylic acids is 1. The van der Waals surface area contributed by atoms with Crippen LogP contribution in [0.3, 0.4) is 0 Å². The van der Waals surface area contributed by atoms with Crippen LogP contribution in [-0.4, -0.2) is 13.3 Å². The van der Waals surface area contributed by atoms with E-state index in [1.165, 1.54) is 0 Å². The number of rotatable bonds is 3. The normalized spacial score (nSPS) is 9.74. The third-order valence-electron chi connectivity index (χ3n) is 2.86. The fourth-order valence-corrected chi connectivity index (χ4v) is 2.20. The maximum atomic E-state index is 11.1. The van der Waals surface area contributed by atoms with Crippen molar-refractivity contribution < 1.29 is 4.79 Å². The second-order valence-electron chi connectivity index (χ2n) is 4.04. The molecule has 0 heterocycles. The summed E-state index contributed by atoms with van der Waals surface area (Å²) in [5, 5.41) is 8.78. The molecule has 0 atom stereocenters. The van der Waals surface area contributed by atoms with Crippen LogP contribution in [0, 0.1) is 11.3 Å². The molecule has 0 fully saturated rings. The van der Waals surface area contributed by atoms with Crippen LogP contribution in [0.2, 0.25) is 0 Å². The van der Waals surface area contributed by atoms with Crippen molar-refractivity contribution in [3.63, 3.8) is 0 Å². The molecule has 0 unspecified atom stereocenters. The molecule has 0 bridgehead atoms. The Morgan fingerprint density at radius 1 is 1.21 bits per heavy atom. The molecular weight excluding hydrogens is 304 g/mol. The van der Waals surface area contributed by atoms with Gasteiger partial charge in [0.1, 0.15) is 0 Å². The van der Waals surface area contributed by atoms with Crippen LogP contribution in [0.15, 0.2) is 46.9 Å². The monoisotopic (exact) mass is 314 g/mol. The van der Waals surface area contributed by atoms with E-state index in [1.807, 2.05) is 36.2 Å². The largest absolute Gasteiger partial charge is 0.344 e. The van der Waals surface area contributed by atoms with Gasteiger partial charge in [0.25, 0.3) is 0 Å². The Bertz CT molecular complexity index is 644. The van der Waals surface area contributed by atoms with Crippen LogP contribution in [0.25, 0.3) is 0 Å². The van der Waals surface area contributed by atoms with E-state index in [2.05, 4.69) is 22.0 Å². The Kier molecular flexibility index (Phi) is 3.98. The molecule has 0 aliphatic carbocycles. The minimum Gasteiger partial charge on any atom is -0.344 e. The molecule has 0 radical (unpaired) electrons. The number of benzene rings is 2. The van der Waals surface area contributed by atoms with Crippen molar-refractivity contribution in [3.8, 4) is 6.07 Å². The minimum atomic E-state index is 0.612. The summed E-state index contributed by atoms with van der Waals surface area (Å²) in [4.78, 5) is 13.0. The number of hydrogen-bond acceptors (Lipinski definition) is 3. The first kappa shape index (κ1) is 13.3. The zero-order chi connectivity index (χ0) is 13.8. The van der Waals surface area contributed by atoms with Gasteiger partial charge in [-0.1, -0.05) is 15.9 Å². The minimum absolute atomic E-state index is 0.612. The van der Waals surface area contributed by atoms with Crippen LogP contribution in [0.1, 0.15) is 15.9 Å². The Morgan fingerprint density at radius 3 is 2.47 bits per heavy atom. The second-order valence-corrected chi connectivity index (χ2v) is 4.95. The standard InChI is InChI=1S/C15H11BrN2O/c1-18(14-5-2-11(9-17)3-6-14)15-7-4-13(16)8-12(15)10-19/h2-8,10H,1H3. The number of hydrogen-bond donors (Lipinski definition) is 0. The maximum Gasteiger partial charge on any atom is 0.152 e. The van der Waals surface area contributed by atoms with Gasteiger partial charge in [-0.2, -0.15) is 5.26 Å². The number of halogens is 1. The third-order valence-corrected chi connectivity index (χ3v) is 3.35. The van der Waals surface area contributed by atoms with E-state index in [9.17, 15) is 4.79 Å². The number of carbonyl (C=O) groups is 1. The molecule has 2 aromatic rings. The van der Waals surface area contributed by atoms with Crippen molar-refractivity contribution in [3.05, 3.63) is 58.1 Å². The van der Waals surface area contributed by atoms with Crippen LogP contribution >= 0.6 is 15.9 Å². The van der Waals surface area contributed by atoms with Gasteiger partial charge in [0.2, 0.25) is 0 Å². The van der Waals surface area contributed by atoms with Gasteiger partial charge in [-0.05, 0) is 42.5 Å². The molecule has 2 aromatic carbocycles.